The van der Waals surface area contributed by atoms with E-state index in [1.54, 1.807) is 23.9 Å². The van der Waals surface area contributed by atoms with Crippen molar-refractivity contribution in [1.82, 2.24) is 14.9 Å². The maximum atomic E-state index is 13.5. The Morgan fingerprint density at radius 3 is 2.67 bits per heavy atom. The molecule has 0 saturated carbocycles. The van der Waals surface area contributed by atoms with E-state index in [2.05, 4.69) is 15.6 Å². The molecular weight excluding hydrogens is 327 g/mol. The third-order valence-electron chi connectivity index (χ3n) is 3.63. The lowest BCUT2D eigenvalue weighted by Crippen LogP contribution is -2.18. The van der Waals surface area contributed by atoms with Crippen LogP contribution < -0.4 is 10.2 Å². The van der Waals surface area contributed by atoms with Crippen molar-refractivity contribution in [3.05, 3.63) is 65.3 Å². The Balaban J connectivity index is 1.67. The summed E-state index contributed by atoms with van der Waals surface area (Å²) in [4.78, 5) is 0. The number of nitrogens with zero attached hydrogens (tertiary/aromatic N) is 3. The van der Waals surface area contributed by atoms with Crippen molar-refractivity contribution < 1.29 is 9.13 Å². The minimum Gasteiger partial charge on any atom is -0.497 e. The molecule has 0 bridgehead atoms. The van der Waals surface area contributed by atoms with Crippen molar-refractivity contribution in [2.24, 2.45) is 0 Å². The maximum absolute atomic E-state index is 13.5. The average Bonchev–Trinajstić information content (AvgIpc) is 3.05. The first-order valence-corrected chi connectivity index (χ1v) is 8.12. The van der Waals surface area contributed by atoms with E-state index in [0.717, 1.165) is 17.0 Å². The number of hydrogen-bond acceptors (Lipinski definition) is 5. The minimum absolute atomic E-state index is 0.306. The van der Waals surface area contributed by atoms with E-state index in [-0.39, 0.29) is 5.82 Å². The summed E-state index contributed by atoms with van der Waals surface area (Å²) < 4.78 is 20.4. The number of fused-ring (bicyclic) bond motifs is 1. The van der Waals surface area contributed by atoms with E-state index in [1.807, 2.05) is 29.7 Å². The number of benzene rings is 2. The fourth-order valence-electron chi connectivity index (χ4n) is 2.42. The Bertz CT molecular complexity index is 921. The lowest BCUT2D eigenvalue weighted by atomic mass is 10.2. The van der Waals surface area contributed by atoms with Gasteiger partial charge in [0.2, 0.25) is 5.16 Å². The molecule has 0 radical (unpaired) electrons. The van der Waals surface area contributed by atoms with Gasteiger partial charge in [-0.1, -0.05) is 23.9 Å². The van der Waals surface area contributed by atoms with Crippen LogP contribution in [0, 0.1) is 5.82 Å². The molecule has 0 amide bonds. The lowest BCUT2D eigenvalue weighted by molar-refractivity contribution is 0.415. The average molecular weight is 340 g/mol. The zero-order valence-electron chi connectivity index (χ0n) is 12.7. The predicted molar refractivity (Wildman–Crippen MR) is 91.6 cm³/mol. The van der Waals surface area contributed by atoms with Crippen LogP contribution >= 0.6 is 11.8 Å². The van der Waals surface area contributed by atoms with Crippen molar-refractivity contribution in [3.8, 4) is 17.1 Å². The van der Waals surface area contributed by atoms with Gasteiger partial charge in [0.25, 0.3) is 0 Å². The van der Waals surface area contributed by atoms with E-state index >= 15 is 0 Å². The minimum atomic E-state index is -0.306. The second-order valence-electron chi connectivity index (χ2n) is 5.14. The summed E-state index contributed by atoms with van der Waals surface area (Å²) in [5, 5.41) is 11.0. The van der Waals surface area contributed by atoms with Crippen LogP contribution in [0.5, 0.6) is 5.75 Å². The summed E-state index contributed by atoms with van der Waals surface area (Å²) in [6.07, 6.45) is 0. The summed E-state index contributed by atoms with van der Waals surface area (Å²) in [6.45, 7) is 0. The highest BCUT2D eigenvalue weighted by molar-refractivity contribution is 8.02. The van der Waals surface area contributed by atoms with Crippen LogP contribution in [-0.2, 0) is 0 Å². The highest BCUT2D eigenvalue weighted by atomic mass is 32.2. The molecule has 0 atom stereocenters. The van der Waals surface area contributed by atoms with Gasteiger partial charge in [-0.25, -0.2) is 9.07 Å². The summed E-state index contributed by atoms with van der Waals surface area (Å²) in [5.74, 6) is 1.06. The first kappa shape index (κ1) is 14.8. The molecule has 120 valence electrons. The Kier molecular flexibility index (Phi) is 3.70. The Morgan fingerprint density at radius 2 is 1.92 bits per heavy atom. The smallest absolute Gasteiger partial charge is 0.214 e. The van der Waals surface area contributed by atoms with Crippen molar-refractivity contribution >= 4 is 17.5 Å². The van der Waals surface area contributed by atoms with E-state index in [1.165, 1.54) is 23.9 Å². The molecule has 0 aliphatic carbocycles. The number of aromatic nitrogens is 3. The number of halogens is 1. The van der Waals surface area contributed by atoms with Gasteiger partial charge >= 0.3 is 0 Å². The molecule has 3 aromatic rings. The molecule has 1 aromatic heterocycles. The van der Waals surface area contributed by atoms with Crippen LogP contribution in [0.3, 0.4) is 0 Å². The van der Waals surface area contributed by atoms with Crippen LogP contribution in [0.2, 0.25) is 0 Å². The molecule has 1 aliphatic heterocycles. The molecule has 1 N–H and O–H groups in total. The molecule has 7 heteroatoms. The molecule has 0 saturated heterocycles. The van der Waals surface area contributed by atoms with Gasteiger partial charge in [-0.2, -0.15) is 0 Å². The van der Waals surface area contributed by atoms with Gasteiger partial charge < -0.3 is 4.74 Å². The summed E-state index contributed by atoms with van der Waals surface area (Å²) in [5.41, 5.74) is 5.87. The Morgan fingerprint density at radius 1 is 1.08 bits per heavy atom. The number of methoxy groups -OCH3 is 1. The predicted octanol–water partition coefficient (Wildman–Crippen LogP) is 3.74. The SMILES string of the molecule is COc1ccc(C2=CSc3nnc(-c4cccc(F)c4)n3N2)cc1. The van der Waals surface area contributed by atoms with Gasteiger partial charge in [0.05, 0.1) is 12.8 Å². The summed E-state index contributed by atoms with van der Waals surface area (Å²) in [7, 11) is 1.64. The van der Waals surface area contributed by atoms with E-state index in [9.17, 15) is 4.39 Å². The molecule has 1 aliphatic rings. The monoisotopic (exact) mass is 340 g/mol. The van der Waals surface area contributed by atoms with Crippen molar-refractivity contribution in [2.45, 2.75) is 5.16 Å². The van der Waals surface area contributed by atoms with Crippen LogP contribution in [0.25, 0.3) is 17.1 Å². The maximum Gasteiger partial charge on any atom is 0.214 e. The van der Waals surface area contributed by atoms with Crippen molar-refractivity contribution in [1.29, 1.82) is 0 Å². The van der Waals surface area contributed by atoms with Crippen LogP contribution in [0.4, 0.5) is 4.39 Å². The van der Waals surface area contributed by atoms with Crippen LogP contribution in [-0.4, -0.2) is 22.0 Å². The molecule has 5 nitrogen and oxygen atoms in total. The highest BCUT2D eigenvalue weighted by Gasteiger charge is 2.19. The zero-order valence-corrected chi connectivity index (χ0v) is 13.5. The first-order chi connectivity index (χ1) is 11.7. The quantitative estimate of drug-likeness (QED) is 0.787. The molecule has 0 fully saturated rings. The zero-order chi connectivity index (χ0) is 16.5. The number of hydrogen-bond donors (Lipinski definition) is 1. The van der Waals surface area contributed by atoms with Crippen molar-refractivity contribution in [2.75, 3.05) is 12.5 Å². The normalized spacial score (nSPS) is 13.0. The highest BCUT2D eigenvalue weighted by Crippen LogP contribution is 2.31. The first-order valence-electron chi connectivity index (χ1n) is 7.24. The number of rotatable bonds is 3. The van der Waals surface area contributed by atoms with E-state index in [4.69, 9.17) is 4.74 Å². The molecule has 0 unspecified atom stereocenters. The number of ether oxygens (including phenoxy) is 1. The molecule has 2 aromatic carbocycles. The van der Waals surface area contributed by atoms with Gasteiger partial charge in [-0.05, 0) is 36.4 Å². The van der Waals surface area contributed by atoms with Gasteiger partial charge in [0.15, 0.2) is 5.82 Å². The lowest BCUT2D eigenvalue weighted by Gasteiger charge is -2.19. The molecular formula is C17H13FN4OS. The Hall–Kier alpha value is -2.80. The second kappa shape index (κ2) is 6.01. The third kappa shape index (κ3) is 2.63. The van der Waals surface area contributed by atoms with Crippen LogP contribution in [0.15, 0.2) is 59.1 Å². The molecule has 4 rings (SSSR count). The van der Waals surface area contributed by atoms with E-state index in [0.29, 0.717) is 16.5 Å². The molecule has 2 heterocycles. The van der Waals surface area contributed by atoms with Crippen molar-refractivity contribution in [3.63, 3.8) is 0 Å². The van der Waals surface area contributed by atoms with Gasteiger partial charge in [-0.3, -0.25) is 5.43 Å². The largest absolute Gasteiger partial charge is 0.497 e. The van der Waals surface area contributed by atoms with Crippen LogP contribution in [0.1, 0.15) is 5.56 Å². The number of thioether (sulfide) groups is 1. The van der Waals surface area contributed by atoms with Gasteiger partial charge in [-0.15, -0.1) is 10.2 Å². The molecule has 24 heavy (non-hydrogen) atoms. The second-order valence-corrected chi connectivity index (χ2v) is 5.98. The standard InChI is InChI=1S/C17H13FN4OS/c1-23-14-7-5-11(6-8-14)15-10-24-17-20-19-16(22(17)21-15)12-3-2-4-13(18)9-12/h2-10,21H,1H3. The summed E-state index contributed by atoms with van der Waals surface area (Å²) >= 11 is 1.46. The summed E-state index contributed by atoms with van der Waals surface area (Å²) in [6, 6.07) is 14.0. The Labute approximate surface area is 142 Å². The number of nitrogens with one attached hydrogen (secondary N) is 1. The fraction of sp³-hybridized carbons (Fsp3) is 0.0588. The third-order valence-corrected chi connectivity index (χ3v) is 4.46. The van der Waals surface area contributed by atoms with Gasteiger partial charge in [0, 0.05) is 16.5 Å². The topological polar surface area (TPSA) is 52.0 Å². The van der Waals surface area contributed by atoms with E-state index < -0.39 is 0 Å². The molecule has 0 spiro atoms. The fourth-order valence-corrected chi connectivity index (χ4v) is 3.16. The van der Waals surface area contributed by atoms with Gasteiger partial charge in [0.1, 0.15) is 11.6 Å².